The predicted molar refractivity (Wildman–Crippen MR) is 21.2 cm³/mol. The lowest BCUT2D eigenvalue weighted by Gasteiger charge is -2.02. The number of allylic oxidation sites excluding steroid dienone is 1. The Kier molecular flexibility index (Phi) is 1.46. The second-order valence-corrected chi connectivity index (χ2v) is 1.51. The summed E-state index contributed by atoms with van der Waals surface area (Å²) in [5.74, 6) is -1.69. The number of alkyl halides is 3. The Morgan fingerprint density at radius 1 is 1.20 bits per heavy atom. The summed E-state index contributed by atoms with van der Waals surface area (Å²) in [5.41, 5.74) is 0. The first kappa shape index (κ1) is 7.17. The van der Waals surface area contributed by atoms with Gasteiger partial charge in [0.25, 0.3) is 5.76 Å². The molecule has 0 spiro atoms. The van der Waals surface area contributed by atoms with Crippen LogP contribution >= 0.6 is 0 Å². The molecule has 0 fully saturated rings. The summed E-state index contributed by atoms with van der Waals surface area (Å²) in [4.78, 5) is 0. The van der Waals surface area contributed by atoms with E-state index in [0.29, 0.717) is 0 Å². The molecule has 0 radical (unpaired) electrons. The summed E-state index contributed by atoms with van der Waals surface area (Å²) in [6.45, 7) is -0.708. The molecule has 0 aromatic heterocycles. The van der Waals surface area contributed by atoms with Crippen molar-refractivity contribution in [2.75, 3.05) is 6.79 Å². The van der Waals surface area contributed by atoms with Crippen LogP contribution < -0.4 is 0 Å². The lowest BCUT2D eigenvalue weighted by Crippen LogP contribution is -2.12. The summed E-state index contributed by atoms with van der Waals surface area (Å²) in [6, 6.07) is -1.70. The summed E-state index contributed by atoms with van der Waals surface area (Å²) < 4.78 is 54.0. The van der Waals surface area contributed by atoms with Crippen LogP contribution in [0.2, 0.25) is 0 Å². The van der Waals surface area contributed by atoms with Gasteiger partial charge in [0.15, 0.2) is 0 Å². The Morgan fingerprint density at radius 2 is 1.80 bits per heavy atom. The van der Waals surface area contributed by atoms with E-state index in [9.17, 15) is 17.6 Å². The molecule has 0 amide bonds. The zero-order valence-corrected chi connectivity index (χ0v) is 4.54. The van der Waals surface area contributed by atoms with E-state index in [1.165, 1.54) is 0 Å². The van der Waals surface area contributed by atoms with E-state index in [0.717, 1.165) is 0 Å². The molecule has 1 aliphatic rings. The van der Waals surface area contributed by atoms with Crippen LogP contribution in [0, 0.1) is 0 Å². The predicted octanol–water partition coefficient (Wildman–Crippen LogP) is 1.69. The maximum absolute atomic E-state index is 11.9. The molecular weight excluding hydrogens is 156 g/mol. The third-order valence-electron chi connectivity index (χ3n) is 0.825. The van der Waals surface area contributed by atoms with Crippen LogP contribution in [0.15, 0.2) is 11.8 Å². The maximum Gasteiger partial charge on any atom is 0.455 e. The first-order chi connectivity index (χ1) is 4.52. The lowest BCUT2D eigenvalue weighted by molar-refractivity contribution is -0.130. The fraction of sp³-hybridized carbons (Fsp3) is 0.500. The standard InChI is InChI=1S/C4H2F4O2/c5-3-2(4(6,7)8)9-1-10-3/h1H2. The average Bonchev–Trinajstić information content (AvgIpc) is 2.11. The molecule has 0 unspecified atom stereocenters. The maximum atomic E-state index is 11.9. The van der Waals surface area contributed by atoms with E-state index in [-0.39, 0.29) is 0 Å². The van der Waals surface area contributed by atoms with Crippen LogP contribution in [0.25, 0.3) is 0 Å². The van der Waals surface area contributed by atoms with Gasteiger partial charge >= 0.3 is 12.2 Å². The fourth-order valence-electron chi connectivity index (χ4n) is 0.456. The number of rotatable bonds is 0. The molecular formula is C4H2F4O2. The van der Waals surface area contributed by atoms with Crippen molar-refractivity contribution < 1.29 is 27.0 Å². The van der Waals surface area contributed by atoms with Crippen molar-refractivity contribution in [3.8, 4) is 0 Å². The summed E-state index contributed by atoms with van der Waals surface area (Å²) in [6.07, 6.45) is -4.79. The minimum absolute atomic E-state index is 0.708. The van der Waals surface area contributed by atoms with Gasteiger partial charge in [-0.05, 0) is 0 Å². The molecule has 0 bridgehead atoms. The summed E-state index contributed by atoms with van der Waals surface area (Å²) >= 11 is 0. The molecule has 2 nitrogen and oxygen atoms in total. The molecule has 0 aromatic carbocycles. The van der Waals surface area contributed by atoms with Crippen LogP contribution in [-0.4, -0.2) is 13.0 Å². The molecule has 1 aliphatic heterocycles. The third-order valence-corrected chi connectivity index (χ3v) is 0.825. The van der Waals surface area contributed by atoms with Gasteiger partial charge in [0.1, 0.15) is 0 Å². The Bertz CT molecular complexity index is 171. The molecule has 0 saturated carbocycles. The number of ether oxygens (including phenoxy) is 2. The molecule has 0 aliphatic carbocycles. The van der Waals surface area contributed by atoms with E-state index in [2.05, 4.69) is 9.47 Å². The van der Waals surface area contributed by atoms with Gasteiger partial charge in [-0.1, -0.05) is 0 Å². The monoisotopic (exact) mass is 158 g/mol. The van der Waals surface area contributed by atoms with E-state index in [4.69, 9.17) is 0 Å². The minimum Gasteiger partial charge on any atom is -0.447 e. The molecule has 1 rings (SSSR count). The van der Waals surface area contributed by atoms with Gasteiger partial charge in [0.05, 0.1) is 0 Å². The Hall–Kier alpha value is -0.940. The topological polar surface area (TPSA) is 18.5 Å². The highest BCUT2D eigenvalue weighted by atomic mass is 19.4. The summed E-state index contributed by atoms with van der Waals surface area (Å²) in [7, 11) is 0. The second-order valence-electron chi connectivity index (χ2n) is 1.51. The van der Waals surface area contributed by atoms with Crippen molar-refractivity contribution in [1.29, 1.82) is 0 Å². The van der Waals surface area contributed by atoms with Crippen LogP contribution in [0.1, 0.15) is 0 Å². The zero-order chi connectivity index (χ0) is 7.78. The highest BCUT2D eigenvalue weighted by Crippen LogP contribution is 2.33. The Morgan fingerprint density at radius 3 is 2.00 bits per heavy atom. The molecule has 6 heteroatoms. The molecule has 0 saturated heterocycles. The van der Waals surface area contributed by atoms with Gasteiger partial charge in [-0.15, -0.1) is 0 Å². The molecule has 1 heterocycles. The molecule has 0 atom stereocenters. The van der Waals surface area contributed by atoms with Crippen molar-refractivity contribution in [3.63, 3.8) is 0 Å². The van der Waals surface area contributed by atoms with Crippen molar-refractivity contribution in [3.05, 3.63) is 11.8 Å². The van der Waals surface area contributed by atoms with Crippen LogP contribution in [0.5, 0.6) is 0 Å². The van der Waals surface area contributed by atoms with Crippen LogP contribution in [-0.2, 0) is 9.47 Å². The largest absolute Gasteiger partial charge is 0.455 e. The van der Waals surface area contributed by atoms with E-state index in [1.807, 2.05) is 0 Å². The van der Waals surface area contributed by atoms with Gasteiger partial charge in [0, 0.05) is 0 Å². The molecule has 0 aromatic rings. The SMILES string of the molecule is FC1=C(C(F)(F)F)OCO1. The smallest absolute Gasteiger partial charge is 0.447 e. The minimum atomic E-state index is -4.79. The van der Waals surface area contributed by atoms with Crippen LogP contribution in [0.4, 0.5) is 17.6 Å². The molecule has 10 heavy (non-hydrogen) atoms. The first-order valence-corrected chi connectivity index (χ1v) is 2.24. The van der Waals surface area contributed by atoms with E-state index >= 15 is 0 Å². The van der Waals surface area contributed by atoms with Gasteiger partial charge in [0.2, 0.25) is 6.79 Å². The number of hydrogen-bond acceptors (Lipinski definition) is 2. The van der Waals surface area contributed by atoms with Gasteiger partial charge in [-0.2, -0.15) is 17.6 Å². The average molecular weight is 158 g/mol. The first-order valence-electron chi connectivity index (χ1n) is 2.24. The van der Waals surface area contributed by atoms with Crippen molar-refractivity contribution in [2.45, 2.75) is 6.18 Å². The Labute approximate surface area is 53.0 Å². The molecule has 58 valence electrons. The van der Waals surface area contributed by atoms with E-state index in [1.54, 1.807) is 0 Å². The quantitative estimate of drug-likeness (QED) is 0.499. The highest BCUT2D eigenvalue weighted by molar-refractivity contribution is 5.03. The zero-order valence-electron chi connectivity index (χ0n) is 4.54. The van der Waals surface area contributed by atoms with Crippen LogP contribution in [0.3, 0.4) is 0 Å². The van der Waals surface area contributed by atoms with E-state index < -0.39 is 24.7 Å². The van der Waals surface area contributed by atoms with Gasteiger partial charge in [-0.3, -0.25) is 0 Å². The van der Waals surface area contributed by atoms with Gasteiger partial charge < -0.3 is 9.47 Å². The molecule has 0 N–H and O–H groups in total. The number of hydrogen-bond donors (Lipinski definition) is 0. The summed E-state index contributed by atoms with van der Waals surface area (Å²) in [5, 5.41) is 0. The van der Waals surface area contributed by atoms with Crippen molar-refractivity contribution in [1.82, 2.24) is 0 Å². The van der Waals surface area contributed by atoms with Crippen molar-refractivity contribution >= 4 is 0 Å². The second kappa shape index (κ2) is 2.03. The highest BCUT2D eigenvalue weighted by Gasteiger charge is 2.43. The third kappa shape index (κ3) is 1.14. The van der Waals surface area contributed by atoms with Crippen molar-refractivity contribution in [2.24, 2.45) is 0 Å². The number of halogens is 4. The normalized spacial score (nSPS) is 18.8. The Balaban J connectivity index is 2.81. The lowest BCUT2D eigenvalue weighted by atomic mass is 10.5. The fourth-order valence-corrected chi connectivity index (χ4v) is 0.456. The van der Waals surface area contributed by atoms with Gasteiger partial charge in [-0.25, -0.2) is 0 Å².